The first-order chi connectivity index (χ1) is 5.65. The molecule has 1 aromatic rings. The molecule has 1 rings (SSSR count). The Balaban J connectivity index is 3.20. The maximum atomic E-state index is 10.8. The Hall–Kier alpha value is -0.530. The number of rotatable bonds is 2. The zero-order valence-corrected chi connectivity index (χ0v) is 8.12. The van der Waals surface area contributed by atoms with Crippen molar-refractivity contribution in [2.75, 3.05) is 0 Å². The third-order valence-corrected chi connectivity index (χ3v) is 2.11. The highest BCUT2D eigenvalue weighted by atomic mass is 35.5. The predicted octanol–water partition coefficient (Wildman–Crippen LogP) is 3.11. The summed E-state index contributed by atoms with van der Waals surface area (Å²) in [5.41, 5.74) is 2.36. The Bertz CT molecular complexity index is 307. The van der Waals surface area contributed by atoms with Gasteiger partial charge in [0.1, 0.15) is 0 Å². The molecule has 64 valence electrons. The molecule has 3 heteroatoms. The standard InChI is InChI=1S/C9H8Cl2O/c1-6-2-3-8(9(11)12)7(4-6)5-10/h2-4H,5H2,1H3. The Kier molecular flexibility index (Phi) is 3.12. The second-order valence-electron chi connectivity index (χ2n) is 2.57. The second-order valence-corrected chi connectivity index (χ2v) is 3.18. The van der Waals surface area contributed by atoms with Gasteiger partial charge in [0.25, 0.3) is 5.24 Å². The van der Waals surface area contributed by atoms with Crippen LogP contribution in [0.4, 0.5) is 0 Å². The van der Waals surface area contributed by atoms with E-state index in [-0.39, 0.29) is 0 Å². The zero-order chi connectivity index (χ0) is 9.14. The van der Waals surface area contributed by atoms with Crippen LogP contribution in [0.15, 0.2) is 18.2 Å². The van der Waals surface area contributed by atoms with Crippen molar-refractivity contribution in [1.82, 2.24) is 0 Å². The van der Waals surface area contributed by atoms with Crippen molar-refractivity contribution in [2.24, 2.45) is 0 Å². The van der Waals surface area contributed by atoms with Crippen LogP contribution in [-0.2, 0) is 5.88 Å². The van der Waals surface area contributed by atoms with Crippen LogP contribution in [0.1, 0.15) is 21.5 Å². The number of aryl methyl sites for hydroxylation is 1. The number of halogens is 2. The number of benzene rings is 1. The fraction of sp³-hybridized carbons (Fsp3) is 0.222. The van der Waals surface area contributed by atoms with E-state index in [0.29, 0.717) is 11.4 Å². The first-order valence-corrected chi connectivity index (χ1v) is 4.41. The third-order valence-electron chi connectivity index (χ3n) is 1.62. The van der Waals surface area contributed by atoms with Gasteiger partial charge in [0.15, 0.2) is 0 Å². The monoisotopic (exact) mass is 202 g/mol. The average Bonchev–Trinajstić information content (AvgIpc) is 2.03. The van der Waals surface area contributed by atoms with E-state index in [0.717, 1.165) is 11.1 Å². The Morgan fingerprint density at radius 3 is 2.67 bits per heavy atom. The highest BCUT2D eigenvalue weighted by Gasteiger charge is 2.07. The molecular weight excluding hydrogens is 195 g/mol. The molecule has 0 unspecified atom stereocenters. The van der Waals surface area contributed by atoms with Crippen molar-refractivity contribution in [3.63, 3.8) is 0 Å². The first-order valence-electron chi connectivity index (χ1n) is 3.50. The zero-order valence-electron chi connectivity index (χ0n) is 6.60. The lowest BCUT2D eigenvalue weighted by Crippen LogP contribution is -1.95. The first kappa shape index (κ1) is 9.56. The summed E-state index contributed by atoms with van der Waals surface area (Å²) in [6, 6.07) is 5.40. The SMILES string of the molecule is Cc1ccc(C(=O)Cl)c(CCl)c1. The van der Waals surface area contributed by atoms with E-state index in [9.17, 15) is 4.79 Å². The maximum Gasteiger partial charge on any atom is 0.252 e. The topological polar surface area (TPSA) is 17.1 Å². The molecule has 12 heavy (non-hydrogen) atoms. The Labute approximate surface area is 81.3 Å². The number of carbonyl (C=O) groups is 1. The molecule has 0 amide bonds. The fourth-order valence-corrected chi connectivity index (χ4v) is 1.43. The fourth-order valence-electron chi connectivity index (χ4n) is 1.02. The van der Waals surface area contributed by atoms with Crippen LogP contribution in [-0.4, -0.2) is 5.24 Å². The van der Waals surface area contributed by atoms with Crippen molar-refractivity contribution in [1.29, 1.82) is 0 Å². The van der Waals surface area contributed by atoms with Crippen LogP contribution in [0, 0.1) is 6.92 Å². The molecular formula is C9H8Cl2O. The van der Waals surface area contributed by atoms with Gasteiger partial charge < -0.3 is 0 Å². The van der Waals surface area contributed by atoms with Crippen LogP contribution >= 0.6 is 23.2 Å². The summed E-state index contributed by atoms with van der Waals surface area (Å²) in [5.74, 6) is 0.315. The summed E-state index contributed by atoms with van der Waals surface area (Å²) >= 11 is 11.0. The van der Waals surface area contributed by atoms with E-state index in [1.165, 1.54) is 0 Å². The van der Waals surface area contributed by atoms with E-state index in [1.807, 2.05) is 19.1 Å². The van der Waals surface area contributed by atoms with Crippen molar-refractivity contribution in [2.45, 2.75) is 12.8 Å². The minimum Gasteiger partial charge on any atom is -0.276 e. The maximum absolute atomic E-state index is 10.8. The van der Waals surface area contributed by atoms with Gasteiger partial charge >= 0.3 is 0 Å². The van der Waals surface area contributed by atoms with E-state index < -0.39 is 5.24 Å². The molecule has 0 aliphatic heterocycles. The molecule has 0 bridgehead atoms. The average molecular weight is 203 g/mol. The lowest BCUT2D eigenvalue weighted by Gasteiger charge is -2.02. The van der Waals surface area contributed by atoms with Crippen molar-refractivity contribution >= 4 is 28.4 Å². The predicted molar refractivity (Wildman–Crippen MR) is 50.9 cm³/mol. The number of carbonyl (C=O) groups excluding carboxylic acids is 1. The van der Waals surface area contributed by atoms with Crippen molar-refractivity contribution in [3.8, 4) is 0 Å². The van der Waals surface area contributed by atoms with Gasteiger partial charge in [0.05, 0.1) is 0 Å². The summed E-state index contributed by atoms with van der Waals surface area (Å²) in [7, 11) is 0. The molecule has 0 N–H and O–H groups in total. The quantitative estimate of drug-likeness (QED) is 0.533. The lowest BCUT2D eigenvalue weighted by molar-refractivity contribution is 0.108. The summed E-state index contributed by atoms with van der Waals surface area (Å²) < 4.78 is 0. The lowest BCUT2D eigenvalue weighted by atomic mass is 10.1. The van der Waals surface area contributed by atoms with Gasteiger partial charge in [-0.3, -0.25) is 4.79 Å². The van der Waals surface area contributed by atoms with E-state index in [1.54, 1.807) is 6.07 Å². The van der Waals surface area contributed by atoms with Gasteiger partial charge in [0, 0.05) is 11.4 Å². The summed E-state index contributed by atoms with van der Waals surface area (Å²) in [5, 5.41) is -0.453. The Morgan fingerprint density at radius 1 is 1.50 bits per heavy atom. The molecule has 0 spiro atoms. The van der Waals surface area contributed by atoms with Gasteiger partial charge in [-0.05, 0) is 30.2 Å². The van der Waals surface area contributed by atoms with Gasteiger partial charge in [-0.15, -0.1) is 11.6 Å². The molecule has 0 atom stereocenters. The molecule has 0 fully saturated rings. The van der Waals surface area contributed by atoms with Crippen molar-refractivity contribution in [3.05, 3.63) is 34.9 Å². The van der Waals surface area contributed by atoms with Crippen LogP contribution < -0.4 is 0 Å². The molecule has 0 aliphatic carbocycles. The van der Waals surface area contributed by atoms with Crippen LogP contribution in [0.2, 0.25) is 0 Å². The summed E-state index contributed by atoms with van der Waals surface area (Å²) in [6.07, 6.45) is 0. The largest absolute Gasteiger partial charge is 0.276 e. The van der Waals surface area contributed by atoms with Crippen LogP contribution in [0.3, 0.4) is 0 Å². The van der Waals surface area contributed by atoms with Gasteiger partial charge in [0.2, 0.25) is 0 Å². The molecule has 0 aliphatic rings. The highest BCUT2D eigenvalue weighted by molar-refractivity contribution is 6.68. The minimum absolute atomic E-state index is 0.315. The summed E-state index contributed by atoms with van der Waals surface area (Å²) in [6.45, 7) is 1.94. The smallest absolute Gasteiger partial charge is 0.252 e. The molecule has 0 aromatic heterocycles. The number of hydrogen-bond donors (Lipinski definition) is 0. The third kappa shape index (κ3) is 1.99. The molecule has 0 heterocycles. The molecule has 1 aromatic carbocycles. The van der Waals surface area contributed by atoms with E-state index in [4.69, 9.17) is 23.2 Å². The highest BCUT2D eigenvalue weighted by Crippen LogP contribution is 2.15. The van der Waals surface area contributed by atoms with Gasteiger partial charge in [-0.2, -0.15) is 0 Å². The van der Waals surface area contributed by atoms with E-state index >= 15 is 0 Å². The van der Waals surface area contributed by atoms with Gasteiger partial charge in [-0.25, -0.2) is 0 Å². The van der Waals surface area contributed by atoms with Crippen LogP contribution in [0.5, 0.6) is 0 Å². The Morgan fingerprint density at radius 2 is 2.17 bits per heavy atom. The van der Waals surface area contributed by atoms with Crippen molar-refractivity contribution < 1.29 is 4.79 Å². The molecule has 0 saturated carbocycles. The van der Waals surface area contributed by atoms with Gasteiger partial charge in [-0.1, -0.05) is 17.7 Å². The minimum atomic E-state index is -0.453. The molecule has 1 nitrogen and oxygen atoms in total. The number of hydrogen-bond acceptors (Lipinski definition) is 1. The van der Waals surface area contributed by atoms with Crippen LogP contribution in [0.25, 0.3) is 0 Å². The molecule has 0 radical (unpaired) electrons. The van der Waals surface area contributed by atoms with E-state index in [2.05, 4.69) is 0 Å². The molecule has 0 saturated heterocycles. The second kappa shape index (κ2) is 3.92. The normalized spacial score (nSPS) is 9.92. The number of alkyl halides is 1. The summed E-state index contributed by atoms with van der Waals surface area (Å²) in [4.78, 5) is 10.8.